The average molecular weight is 468 g/mol. The van der Waals surface area contributed by atoms with Gasteiger partial charge in [0.1, 0.15) is 16.3 Å². The second kappa shape index (κ2) is 8.46. The van der Waals surface area contributed by atoms with E-state index >= 15 is 0 Å². The Morgan fingerprint density at radius 3 is 2.65 bits per heavy atom. The Morgan fingerprint density at radius 2 is 1.82 bits per heavy atom. The standard InChI is InChI=1S/C26H21N5O2S/c1-33-17-12-10-16(11-13-17)14-28-31-24(21-15-27-19-7-3-4-8-20(19)29-21)30-25-23(26(31)32)18-6-2-5-9-22(18)34-25/h3-4,7-8,10-15H,2,5-6,9H2,1H3/b28-14+. The van der Waals surface area contributed by atoms with E-state index in [2.05, 4.69) is 10.1 Å². The molecule has 0 atom stereocenters. The van der Waals surface area contributed by atoms with Crippen molar-refractivity contribution in [1.82, 2.24) is 19.6 Å². The number of methoxy groups -OCH3 is 1. The van der Waals surface area contributed by atoms with Gasteiger partial charge in [0, 0.05) is 4.88 Å². The molecule has 2 aromatic carbocycles. The van der Waals surface area contributed by atoms with Crippen molar-refractivity contribution in [3.05, 3.63) is 81.1 Å². The summed E-state index contributed by atoms with van der Waals surface area (Å²) in [5.41, 5.74) is 3.85. The molecule has 0 bridgehead atoms. The summed E-state index contributed by atoms with van der Waals surface area (Å²) in [6.45, 7) is 0. The molecule has 8 heteroatoms. The van der Waals surface area contributed by atoms with Gasteiger partial charge in [0.2, 0.25) is 0 Å². The number of hydrogen-bond donors (Lipinski definition) is 0. The molecule has 5 aromatic rings. The van der Waals surface area contributed by atoms with Crippen molar-refractivity contribution in [1.29, 1.82) is 0 Å². The zero-order chi connectivity index (χ0) is 23.1. The molecule has 0 radical (unpaired) electrons. The van der Waals surface area contributed by atoms with Gasteiger partial charge in [0.05, 0.1) is 35.9 Å². The number of aromatic nitrogens is 4. The second-order valence-corrected chi connectivity index (χ2v) is 9.29. The molecule has 0 aliphatic heterocycles. The van der Waals surface area contributed by atoms with E-state index in [1.165, 1.54) is 9.55 Å². The summed E-state index contributed by atoms with van der Waals surface area (Å²) in [5, 5.41) is 5.26. The van der Waals surface area contributed by atoms with Crippen LogP contribution in [0, 0.1) is 0 Å². The fourth-order valence-corrected chi connectivity index (χ4v) is 5.60. The smallest absolute Gasteiger partial charge is 0.283 e. The minimum absolute atomic E-state index is 0.167. The molecule has 1 aliphatic carbocycles. The molecule has 0 saturated heterocycles. The lowest BCUT2D eigenvalue weighted by molar-refractivity contribution is 0.415. The Hall–Kier alpha value is -3.91. The van der Waals surface area contributed by atoms with Crippen LogP contribution in [0.1, 0.15) is 28.8 Å². The lowest BCUT2D eigenvalue weighted by Gasteiger charge is -2.11. The van der Waals surface area contributed by atoms with E-state index in [0.717, 1.165) is 58.4 Å². The molecule has 1 aliphatic rings. The van der Waals surface area contributed by atoms with Crippen LogP contribution >= 0.6 is 11.3 Å². The van der Waals surface area contributed by atoms with E-state index in [-0.39, 0.29) is 5.56 Å². The highest BCUT2D eigenvalue weighted by molar-refractivity contribution is 7.18. The Labute approximate surface area is 199 Å². The van der Waals surface area contributed by atoms with E-state index < -0.39 is 0 Å². The van der Waals surface area contributed by atoms with Crippen LogP contribution in [0.2, 0.25) is 0 Å². The number of para-hydroxylation sites is 2. The predicted molar refractivity (Wildman–Crippen MR) is 135 cm³/mol. The third-order valence-corrected chi connectivity index (χ3v) is 7.27. The number of ether oxygens (including phenoxy) is 1. The molecule has 0 unspecified atom stereocenters. The molecular weight excluding hydrogens is 446 g/mol. The van der Waals surface area contributed by atoms with Crippen LogP contribution in [0.15, 0.2) is 64.6 Å². The van der Waals surface area contributed by atoms with Crippen LogP contribution in [-0.2, 0) is 12.8 Å². The normalized spacial score (nSPS) is 13.6. The molecule has 0 saturated carbocycles. The lowest BCUT2D eigenvalue weighted by atomic mass is 9.97. The molecule has 34 heavy (non-hydrogen) atoms. The van der Waals surface area contributed by atoms with Gasteiger partial charge < -0.3 is 4.74 Å². The summed E-state index contributed by atoms with van der Waals surface area (Å²) >= 11 is 1.62. The number of aryl methyl sites for hydroxylation is 2. The topological polar surface area (TPSA) is 82.3 Å². The predicted octanol–water partition coefficient (Wildman–Crippen LogP) is 4.84. The third-order valence-electron chi connectivity index (χ3n) is 6.08. The first kappa shape index (κ1) is 20.7. The van der Waals surface area contributed by atoms with Crippen molar-refractivity contribution in [3.8, 4) is 17.3 Å². The first-order valence-corrected chi connectivity index (χ1v) is 12.0. The van der Waals surface area contributed by atoms with Crippen LogP contribution in [0.25, 0.3) is 32.8 Å². The fourth-order valence-electron chi connectivity index (χ4n) is 4.35. The number of hydrogen-bond acceptors (Lipinski definition) is 7. The van der Waals surface area contributed by atoms with Crippen molar-refractivity contribution in [2.75, 3.05) is 7.11 Å². The van der Waals surface area contributed by atoms with Crippen LogP contribution in [0.3, 0.4) is 0 Å². The molecular formula is C26H21N5O2S. The van der Waals surface area contributed by atoms with Crippen molar-refractivity contribution < 1.29 is 4.74 Å². The number of thiophene rings is 1. The summed E-state index contributed by atoms with van der Waals surface area (Å²) in [5.74, 6) is 1.15. The monoisotopic (exact) mass is 467 g/mol. The molecule has 3 heterocycles. The summed E-state index contributed by atoms with van der Waals surface area (Å²) in [6, 6.07) is 15.1. The maximum atomic E-state index is 13.8. The van der Waals surface area contributed by atoms with Gasteiger partial charge in [-0.1, -0.05) is 12.1 Å². The molecule has 7 nitrogen and oxygen atoms in total. The summed E-state index contributed by atoms with van der Waals surface area (Å²) in [6.07, 6.45) is 7.45. The van der Waals surface area contributed by atoms with E-state index in [9.17, 15) is 4.79 Å². The van der Waals surface area contributed by atoms with Gasteiger partial charge in [-0.15, -0.1) is 11.3 Å². The molecule has 168 valence electrons. The van der Waals surface area contributed by atoms with E-state index in [0.29, 0.717) is 16.9 Å². The quantitative estimate of drug-likeness (QED) is 0.353. The summed E-state index contributed by atoms with van der Waals surface area (Å²) in [7, 11) is 1.63. The Balaban J connectivity index is 1.56. The minimum Gasteiger partial charge on any atom is -0.497 e. The zero-order valence-corrected chi connectivity index (χ0v) is 19.4. The van der Waals surface area contributed by atoms with Gasteiger partial charge in [0.25, 0.3) is 5.56 Å². The average Bonchev–Trinajstić information content (AvgIpc) is 3.27. The number of fused-ring (bicyclic) bond motifs is 4. The van der Waals surface area contributed by atoms with Crippen LogP contribution in [0.4, 0.5) is 0 Å². The molecule has 0 amide bonds. The zero-order valence-electron chi connectivity index (χ0n) is 18.6. The van der Waals surface area contributed by atoms with Gasteiger partial charge in [-0.25, -0.2) is 9.97 Å². The van der Waals surface area contributed by atoms with E-state index in [1.54, 1.807) is 30.9 Å². The maximum Gasteiger partial charge on any atom is 0.283 e. The molecule has 3 aromatic heterocycles. The minimum atomic E-state index is -0.167. The first-order valence-electron chi connectivity index (χ1n) is 11.2. The summed E-state index contributed by atoms with van der Waals surface area (Å²) in [4.78, 5) is 30.0. The maximum absolute atomic E-state index is 13.8. The number of rotatable bonds is 4. The fraction of sp³-hybridized carbons (Fsp3) is 0.192. The summed E-state index contributed by atoms with van der Waals surface area (Å²) < 4.78 is 6.60. The van der Waals surface area contributed by atoms with Crippen molar-refractivity contribution in [2.24, 2.45) is 5.10 Å². The van der Waals surface area contributed by atoms with Crippen molar-refractivity contribution >= 4 is 38.8 Å². The highest BCUT2D eigenvalue weighted by Crippen LogP contribution is 2.34. The van der Waals surface area contributed by atoms with E-state index in [4.69, 9.17) is 14.7 Å². The SMILES string of the molecule is COc1ccc(/C=N/n2c(-c3cnc4ccccc4n3)nc3sc4c(c3c2=O)CCCC4)cc1. The second-order valence-electron chi connectivity index (χ2n) is 8.21. The largest absolute Gasteiger partial charge is 0.497 e. The Bertz CT molecular complexity index is 1620. The molecule has 6 rings (SSSR count). The lowest BCUT2D eigenvalue weighted by Crippen LogP contribution is -2.21. The number of benzene rings is 2. The van der Waals surface area contributed by atoms with Crippen molar-refractivity contribution in [3.63, 3.8) is 0 Å². The molecule has 0 N–H and O–H groups in total. The Kier molecular flexibility index (Phi) is 5.15. The third kappa shape index (κ3) is 3.56. The van der Waals surface area contributed by atoms with Gasteiger partial charge >= 0.3 is 0 Å². The van der Waals surface area contributed by atoms with Gasteiger partial charge in [0.15, 0.2) is 5.82 Å². The van der Waals surface area contributed by atoms with Gasteiger partial charge in [-0.3, -0.25) is 9.78 Å². The molecule has 0 spiro atoms. The number of nitrogens with zero attached hydrogens (tertiary/aromatic N) is 5. The molecule has 0 fully saturated rings. The Morgan fingerprint density at radius 1 is 1.03 bits per heavy atom. The van der Waals surface area contributed by atoms with Crippen molar-refractivity contribution in [2.45, 2.75) is 25.7 Å². The van der Waals surface area contributed by atoms with E-state index in [1.807, 2.05) is 48.5 Å². The van der Waals surface area contributed by atoms with Crippen LogP contribution in [0.5, 0.6) is 5.75 Å². The van der Waals surface area contributed by atoms with Crippen LogP contribution in [-0.4, -0.2) is 33.0 Å². The van der Waals surface area contributed by atoms with Gasteiger partial charge in [-0.2, -0.15) is 9.78 Å². The van der Waals surface area contributed by atoms with Crippen LogP contribution < -0.4 is 10.3 Å². The van der Waals surface area contributed by atoms with Gasteiger partial charge in [-0.05, 0) is 73.2 Å². The highest BCUT2D eigenvalue weighted by Gasteiger charge is 2.23. The highest BCUT2D eigenvalue weighted by atomic mass is 32.1. The first-order chi connectivity index (χ1) is 16.7.